The van der Waals surface area contributed by atoms with Crippen LogP contribution in [0.3, 0.4) is 0 Å². The zero-order chi connectivity index (χ0) is 22.8. The molecule has 7 heteroatoms. The Morgan fingerprint density at radius 3 is 2.32 bits per heavy atom. The van der Waals surface area contributed by atoms with Crippen molar-refractivity contribution in [3.05, 3.63) is 56.8 Å². The Morgan fingerprint density at radius 1 is 1.03 bits per heavy atom. The third kappa shape index (κ3) is 6.95. The summed E-state index contributed by atoms with van der Waals surface area (Å²) < 4.78 is 27.4. The van der Waals surface area contributed by atoms with Crippen LogP contribution in [0.4, 0.5) is 0 Å². The van der Waals surface area contributed by atoms with Gasteiger partial charge in [-0.25, -0.2) is 0 Å². The van der Waals surface area contributed by atoms with Gasteiger partial charge in [0, 0.05) is 35.6 Å². The first-order valence-corrected chi connectivity index (χ1v) is 10.6. The molecule has 0 spiro atoms. The van der Waals surface area contributed by atoms with Crippen molar-refractivity contribution in [2.45, 2.75) is 27.2 Å². The summed E-state index contributed by atoms with van der Waals surface area (Å²) >= 11 is 1.62. The number of aryl methyl sites for hydroxylation is 1. The first kappa shape index (κ1) is 24.7. The van der Waals surface area contributed by atoms with Gasteiger partial charge in [-0.1, -0.05) is 11.6 Å². The van der Waals surface area contributed by atoms with E-state index in [1.807, 2.05) is 39.0 Å². The van der Waals surface area contributed by atoms with Crippen molar-refractivity contribution in [3.8, 4) is 17.2 Å². The van der Waals surface area contributed by atoms with Gasteiger partial charge in [0.25, 0.3) is 0 Å². The molecule has 6 nitrogen and oxygen atoms in total. The van der Waals surface area contributed by atoms with Gasteiger partial charge in [-0.2, -0.15) is 0 Å². The number of rotatable bonds is 12. The Balaban J connectivity index is 2.61. The van der Waals surface area contributed by atoms with Crippen LogP contribution in [0.25, 0.3) is 6.08 Å². The molecule has 1 heterocycles. The Hall–Kier alpha value is -2.61. The number of benzene rings is 1. The van der Waals surface area contributed by atoms with Gasteiger partial charge in [0.05, 0.1) is 7.11 Å². The highest BCUT2D eigenvalue weighted by Gasteiger charge is 2.25. The van der Waals surface area contributed by atoms with Gasteiger partial charge >= 0.3 is 0 Å². The molecule has 0 bridgehead atoms. The molecule has 31 heavy (non-hydrogen) atoms. The summed E-state index contributed by atoms with van der Waals surface area (Å²) in [6.07, 6.45) is 5.88. The minimum absolute atomic E-state index is 0.0210. The third-order valence-corrected chi connectivity index (χ3v) is 5.27. The molecule has 0 atom stereocenters. The number of hydrogen-bond donors (Lipinski definition) is 0. The fraction of sp³-hybridized carbons (Fsp3) is 0.375. The van der Waals surface area contributed by atoms with E-state index in [1.165, 1.54) is 25.2 Å². The fourth-order valence-corrected chi connectivity index (χ4v) is 3.64. The zero-order valence-electron chi connectivity index (χ0n) is 18.9. The van der Waals surface area contributed by atoms with Crippen LogP contribution < -0.4 is 14.2 Å². The standard InChI is InChI=1S/C24H30O6S/c1-16(2)7-11-19-21(29-14-26-4)13-22(28-6)23(24(19)30-15-27-5)20(25)12-10-18-9-8-17(3)31-18/h7-10,12-13H,11,14-15H2,1-6H3/b12-10+. The molecule has 0 unspecified atom stereocenters. The molecular formula is C24H30O6S. The van der Waals surface area contributed by atoms with Gasteiger partial charge < -0.3 is 23.7 Å². The number of hydrogen-bond acceptors (Lipinski definition) is 7. The van der Waals surface area contributed by atoms with E-state index in [9.17, 15) is 4.79 Å². The first-order valence-electron chi connectivity index (χ1n) is 9.80. The molecule has 0 amide bonds. The van der Waals surface area contributed by atoms with Crippen LogP contribution in [0, 0.1) is 6.92 Å². The summed E-state index contributed by atoms with van der Waals surface area (Å²) in [5, 5.41) is 0. The molecular weight excluding hydrogens is 416 g/mol. The first-order chi connectivity index (χ1) is 14.9. The van der Waals surface area contributed by atoms with Gasteiger partial charge in [0.1, 0.15) is 22.8 Å². The van der Waals surface area contributed by atoms with Crippen molar-refractivity contribution in [1.29, 1.82) is 0 Å². The lowest BCUT2D eigenvalue weighted by Gasteiger charge is -2.20. The minimum Gasteiger partial charge on any atom is -0.496 e. The maximum Gasteiger partial charge on any atom is 0.193 e. The molecule has 0 N–H and O–H groups in total. The highest BCUT2D eigenvalue weighted by molar-refractivity contribution is 7.12. The average molecular weight is 447 g/mol. The van der Waals surface area contributed by atoms with E-state index >= 15 is 0 Å². The topological polar surface area (TPSA) is 63.2 Å². The summed E-state index contributed by atoms with van der Waals surface area (Å²) in [7, 11) is 4.58. The van der Waals surface area contributed by atoms with Crippen molar-refractivity contribution < 1.29 is 28.5 Å². The van der Waals surface area contributed by atoms with E-state index in [-0.39, 0.29) is 19.4 Å². The third-order valence-electron chi connectivity index (χ3n) is 4.30. The molecule has 0 saturated carbocycles. The molecule has 0 saturated heterocycles. The van der Waals surface area contributed by atoms with Crippen LogP contribution in [0.15, 0.2) is 35.9 Å². The zero-order valence-corrected chi connectivity index (χ0v) is 19.8. The second-order valence-electron chi connectivity index (χ2n) is 6.99. The second kappa shape index (κ2) is 12.3. The van der Waals surface area contributed by atoms with Gasteiger partial charge in [0.2, 0.25) is 0 Å². The van der Waals surface area contributed by atoms with Crippen LogP contribution in [0.5, 0.6) is 17.2 Å². The maximum absolute atomic E-state index is 13.2. The summed E-state index contributed by atoms with van der Waals surface area (Å²) in [6.45, 7) is 6.07. The molecule has 0 aliphatic carbocycles. The van der Waals surface area contributed by atoms with Crippen molar-refractivity contribution >= 4 is 23.2 Å². The Kier molecular flexibility index (Phi) is 9.78. The number of thiophene rings is 1. The van der Waals surface area contributed by atoms with Gasteiger partial charge in [-0.3, -0.25) is 4.79 Å². The SMILES string of the molecule is COCOc1cc(OC)c(C(=O)/C=C/c2ccc(C)s2)c(OCOC)c1CC=C(C)C. The molecule has 2 rings (SSSR count). The molecule has 0 radical (unpaired) electrons. The number of ketones is 1. The summed E-state index contributed by atoms with van der Waals surface area (Å²) in [6, 6.07) is 5.69. The molecule has 0 aliphatic rings. The van der Waals surface area contributed by atoms with Gasteiger partial charge in [0.15, 0.2) is 19.4 Å². The van der Waals surface area contributed by atoms with E-state index in [2.05, 4.69) is 0 Å². The highest BCUT2D eigenvalue weighted by Crippen LogP contribution is 2.41. The smallest absolute Gasteiger partial charge is 0.193 e. The molecule has 2 aromatic rings. The van der Waals surface area contributed by atoms with E-state index in [1.54, 1.807) is 30.6 Å². The number of methoxy groups -OCH3 is 3. The van der Waals surface area contributed by atoms with Gasteiger partial charge in [-0.05, 0) is 51.5 Å². The lowest BCUT2D eigenvalue weighted by atomic mass is 9.99. The lowest BCUT2D eigenvalue weighted by molar-refractivity contribution is 0.0441. The monoisotopic (exact) mass is 446 g/mol. The molecule has 0 fully saturated rings. The summed E-state index contributed by atoms with van der Waals surface area (Å²) in [5.41, 5.74) is 2.18. The predicted molar refractivity (Wildman–Crippen MR) is 124 cm³/mol. The number of ether oxygens (including phenoxy) is 5. The number of carbonyl (C=O) groups excluding carboxylic acids is 1. The van der Waals surface area contributed by atoms with Crippen molar-refractivity contribution in [2.24, 2.45) is 0 Å². The normalized spacial score (nSPS) is 10.9. The molecule has 1 aromatic carbocycles. The van der Waals surface area contributed by atoms with Crippen LogP contribution in [0.1, 0.15) is 39.5 Å². The Bertz CT molecular complexity index is 938. The maximum atomic E-state index is 13.2. The van der Waals surface area contributed by atoms with Crippen LogP contribution in [-0.4, -0.2) is 40.7 Å². The van der Waals surface area contributed by atoms with E-state index in [0.29, 0.717) is 29.2 Å². The fourth-order valence-electron chi connectivity index (χ4n) is 2.86. The lowest BCUT2D eigenvalue weighted by Crippen LogP contribution is -2.12. The van der Waals surface area contributed by atoms with Crippen molar-refractivity contribution in [3.63, 3.8) is 0 Å². The molecule has 168 valence electrons. The van der Waals surface area contributed by atoms with E-state index in [0.717, 1.165) is 16.0 Å². The summed E-state index contributed by atoms with van der Waals surface area (Å²) in [4.78, 5) is 15.4. The minimum atomic E-state index is -0.231. The van der Waals surface area contributed by atoms with E-state index in [4.69, 9.17) is 23.7 Å². The summed E-state index contributed by atoms with van der Waals surface area (Å²) in [5.74, 6) is 1.03. The van der Waals surface area contributed by atoms with Crippen molar-refractivity contribution in [2.75, 3.05) is 34.9 Å². The van der Waals surface area contributed by atoms with E-state index < -0.39 is 0 Å². The highest BCUT2D eigenvalue weighted by atomic mass is 32.1. The second-order valence-corrected chi connectivity index (χ2v) is 8.31. The number of allylic oxidation sites excluding steroid dienone is 3. The Labute approximate surface area is 188 Å². The quantitative estimate of drug-likeness (QED) is 0.187. The molecule has 0 aliphatic heterocycles. The average Bonchev–Trinajstić information content (AvgIpc) is 3.17. The van der Waals surface area contributed by atoms with Crippen LogP contribution in [-0.2, 0) is 15.9 Å². The van der Waals surface area contributed by atoms with Gasteiger partial charge in [-0.15, -0.1) is 11.3 Å². The van der Waals surface area contributed by atoms with Crippen molar-refractivity contribution in [1.82, 2.24) is 0 Å². The van der Waals surface area contributed by atoms with Crippen LogP contribution in [0.2, 0.25) is 0 Å². The number of carbonyl (C=O) groups is 1. The largest absolute Gasteiger partial charge is 0.496 e. The Morgan fingerprint density at radius 2 is 1.74 bits per heavy atom. The predicted octanol–water partition coefficient (Wildman–Crippen LogP) is 5.44. The van der Waals surface area contributed by atoms with Crippen LogP contribution >= 0.6 is 11.3 Å². The molecule has 1 aromatic heterocycles.